The lowest BCUT2D eigenvalue weighted by Crippen LogP contribution is -2.39. The van der Waals surface area contributed by atoms with Crippen molar-refractivity contribution < 1.29 is 29.4 Å². The summed E-state index contributed by atoms with van der Waals surface area (Å²) in [6.07, 6.45) is -0.582. The first-order valence-corrected chi connectivity index (χ1v) is 9.41. The molecule has 0 aliphatic rings. The number of rotatable bonds is 8. The topological polar surface area (TPSA) is 185 Å². The molecule has 0 heterocycles. The van der Waals surface area contributed by atoms with Crippen molar-refractivity contribution in [2.75, 3.05) is 12.3 Å². The molecule has 31 heavy (non-hydrogen) atoms. The fourth-order valence-corrected chi connectivity index (χ4v) is 3.21. The molecule has 0 unspecified atom stereocenters. The minimum atomic E-state index is -1.26. The van der Waals surface area contributed by atoms with Crippen molar-refractivity contribution in [3.8, 4) is 5.75 Å². The number of hydrogen-bond acceptors (Lipinski definition) is 6. The van der Waals surface area contributed by atoms with Crippen LogP contribution >= 0.6 is 23.2 Å². The molecule has 0 saturated heterocycles. The summed E-state index contributed by atoms with van der Waals surface area (Å²) < 4.78 is 0. The standard InChI is InChI=1S/C19H18Cl2N4O6/c20-10-4-12(17(29)13(21)5-10)14(6-16(27)28)25-15(26)7-24-19(31)9-1-8(18(23)30)2-11(22)3-9/h1-5,14,29H,6-7,22H2,(H2,23,30)(H,24,31)(H,25,26)(H,27,28)/t14-/m1/s1. The number of nitrogens with one attached hydrogen (secondary N) is 2. The van der Waals surface area contributed by atoms with Crippen LogP contribution in [0.5, 0.6) is 5.75 Å². The van der Waals surface area contributed by atoms with Gasteiger partial charge >= 0.3 is 5.97 Å². The number of benzene rings is 2. The van der Waals surface area contributed by atoms with Gasteiger partial charge in [0, 0.05) is 27.4 Å². The molecule has 0 spiro atoms. The first-order chi connectivity index (χ1) is 14.5. The third-order valence-corrected chi connectivity index (χ3v) is 4.56. The van der Waals surface area contributed by atoms with E-state index in [4.69, 9.17) is 39.8 Å². The van der Waals surface area contributed by atoms with Crippen molar-refractivity contribution in [3.05, 3.63) is 57.1 Å². The second-order valence-corrected chi connectivity index (χ2v) is 7.28. The molecule has 0 fully saturated rings. The molecule has 3 amide bonds. The van der Waals surface area contributed by atoms with Gasteiger partial charge in [0.1, 0.15) is 5.75 Å². The maximum absolute atomic E-state index is 12.3. The number of nitrogen functional groups attached to an aromatic ring is 1. The lowest BCUT2D eigenvalue weighted by atomic mass is 10.0. The average Bonchev–Trinajstić information content (AvgIpc) is 2.67. The zero-order chi connectivity index (χ0) is 23.3. The van der Waals surface area contributed by atoms with Crippen LogP contribution in [0.1, 0.15) is 38.7 Å². The van der Waals surface area contributed by atoms with E-state index < -0.39 is 48.4 Å². The van der Waals surface area contributed by atoms with Crippen LogP contribution in [0.2, 0.25) is 10.0 Å². The van der Waals surface area contributed by atoms with E-state index in [-0.39, 0.29) is 32.4 Å². The Bertz CT molecular complexity index is 1060. The average molecular weight is 469 g/mol. The molecule has 12 heteroatoms. The Morgan fingerprint density at radius 3 is 2.29 bits per heavy atom. The molecule has 10 nitrogen and oxygen atoms in total. The molecular weight excluding hydrogens is 451 g/mol. The molecule has 0 radical (unpaired) electrons. The van der Waals surface area contributed by atoms with Crippen LogP contribution in [-0.4, -0.2) is 40.4 Å². The first-order valence-electron chi connectivity index (χ1n) is 8.65. The van der Waals surface area contributed by atoms with Gasteiger partial charge in [-0.25, -0.2) is 0 Å². The molecule has 0 aliphatic carbocycles. The Morgan fingerprint density at radius 1 is 1.03 bits per heavy atom. The van der Waals surface area contributed by atoms with E-state index in [9.17, 15) is 24.3 Å². The summed E-state index contributed by atoms with van der Waals surface area (Å²) in [6, 6.07) is 5.16. The minimum absolute atomic E-state index is 0.00140. The number of phenols is 1. The number of aromatic hydroxyl groups is 1. The molecule has 1 atom stereocenters. The van der Waals surface area contributed by atoms with E-state index in [0.29, 0.717) is 0 Å². The van der Waals surface area contributed by atoms with Crippen LogP contribution in [0.3, 0.4) is 0 Å². The number of amides is 3. The second-order valence-electron chi connectivity index (χ2n) is 6.43. The van der Waals surface area contributed by atoms with Crippen LogP contribution in [0.25, 0.3) is 0 Å². The summed E-state index contributed by atoms with van der Waals surface area (Å²) in [4.78, 5) is 47.1. The number of anilines is 1. The molecule has 2 aromatic rings. The van der Waals surface area contributed by atoms with Gasteiger partial charge in [-0.15, -0.1) is 0 Å². The Balaban J connectivity index is 2.13. The van der Waals surface area contributed by atoms with Crippen molar-refractivity contribution in [2.24, 2.45) is 5.73 Å². The zero-order valence-corrected chi connectivity index (χ0v) is 17.3. The molecule has 2 aromatic carbocycles. The highest BCUT2D eigenvalue weighted by Crippen LogP contribution is 2.36. The zero-order valence-electron chi connectivity index (χ0n) is 15.8. The monoisotopic (exact) mass is 468 g/mol. The molecule has 2 rings (SSSR count). The maximum atomic E-state index is 12.3. The van der Waals surface area contributed by atoms with Gasteiger partial charge in [0.15, 0.2) is 0 Å². The highest BCUT2D eigenvalue weighted by atomic mass is 35.5. The van der Waals surface area contributed by atoms with Gasteiger partial charge < -0.3 is 32.3 Å². The third kappa shape index (κ3) is 6.49. The predicted octanol–water partition coefficient (Wildman–Crippen LogP) is 1.44. The number of primary amides is 1. The largest absolute Gasteiger partial charge is 0.506 e. The van der Waals surface area contributed by atoms with E-state index in [1.807, 2.05) is 0 Å². The number of carbonyl (C=O) groups is 4. The smallest absolute Gasteiger partial charge is 0.305 e. The number of aliphatic carboxylic acids is 1. The second kappa shape index (κ2) is 10.0. The quantitative estimate of drug-likeness (QED) is 0.316. The SMILES string of the molecule is NC(=O)c1cc(N)cc(C(=O)NCC(=O)N[C@H](CC(=O)O)c2cc(Cl)cc(Cl)c2O)c1. The van der Waals surface area contributed by atoms with Crippen molar-refractivity contribution in [3.63, 3.8) is 0 Å². The fourth-order valence-electron chi connectivity index (χ4n) is 2.70. The number of carboxylic acid groups (broad SMARTS) is 1. The van der Waals surface area contributed by atoms with E-state index in [1.165, 1.54) is 30.3 Å². The number of halogens is 2. The van der Waals surface area contributed by atoms with Crippen molar-refractivity contribution in [2.45, 2.75) is 12.5 Å². The van der Waals surface area contributed by atoms with Gasteiger partial charge in [-0.2, -0.15) is 0 Å². The summed E-state index contributed by atoms with van der Waals surface area (Å²) >= 11 is 11.8. The highest BCUT2D eigenvalue weighted by molar-refractivity contribution is 6.35. The number of carboxylic acids is 1. The number of hydrogen-bond donors (Lipinski definition) is 6. The Morgan fingerprint density at radius 2 is 1.68 bits per heavy atom. The van der Waals surface area contributed by atoms with Gasteiger partial charge in [0.05, 0.1) is 24.0 Å². The van der Waals surface area contributed by atoms with Crippen molar-refractivity contribution in [1.82, 2.24) is 10.6 Å². The summed E-state index contributed by atoms with van der Waals surface area (Å²) in [5.74, 6) is -3.94. The molecule has 0 aliphatic heterocycles. The summed E-state index contributed by atoms with van der Waals surface area (Å²) in [6.45, 7) is -0.537. The van der Waals surface area contributed by atoms with Crippen LogP contribution in [-0.2, 0) is 9.59 Å². The molecular formula is C19H18Cl2N4O6. The third-order valence-electron chi connectivity index (χ3n) is 4.06. The van der Waals surface area contributed by atoms with Crippen LogP contribution < -0.4 is 22.1 Å². The summed E-state index contributed by atoms with van der Waals surface area (Å²) in [5.41, 5.74) is 11.0. The normalized spacial score (nSPS) is 11.4. The lowest BCUT2D eigenvalue weighted by Gasteiger charge is -2.19. The van der Waals surface area contributed by atoms with Crippen molar-refractivity contribution in [1.29, 1.82) is 0 Å². The van der Waals surface area contributed by atoms with Gasteiger partial charge in [0.25, 0.3) is 5.91 Å². The predicted molar refractivity (Wildman–Crippen MR) is 113 cm³/mol. The van der Waals surface area contributed by atoms with Crippen molar-refractivity contribution >= 4 is 52.6 Å². The lowest BCUT2D eigenvalue weighted by molar-refractivity contribution is -0.137. The van der Waals surface area contributed by atoms with Gasteiger partial charge in [-0.1, -0.05) is 23.2 Å². The van der Waals surface area contributed by atoms with Gasteiger partial charge in [-0.3, -0.25) is 19.2 Å². The van der Waals surface area contributed by atoms with Crippen LogP contribution in [0.15, 0.2) is 30.3 Å². The Hall–Kier alpha value is -3.50. The molecule has 0 aromatic heterocycles. The molecule has 8 N–H and O–H groups in total. The Labute approximate surface area is 186 Å². The summed E-state index contributed by atoms with van der Waals surface area (Å²) in [7, 11) is 0. The van der Waals surface area contributed by atoms with E-state index in [1.54, 1.807) is 0 Å². The minimum Gasteiger partial charge on any atom is -0.506 e. The van der Waals surface area contributed by atoms with Gasteiger partial charge in [0.2, 0.25) is 11.8 Å². The molecule has 0 bridgehead atoms. The number of carbonyl (C=O) groups excluding carboxylic acids is 3. The number of nitrogens with two attached hydrogens (primary N) is 2. The van der Waals surface area contributed by atoms with Gasteiger partial charge in [-0.05, 0) is 30.3 Å². The number of phenolic OH excluding ortho intramolecular Hbond substituents is 1. The molecule has 164 valence electrons. The first kappa shape index (κ1) is 23.8. The maximum Gasteiger partial charge on any atom is 0.305 e. The highest BCUT2D eigenvalue weighted by Gasteiger charge is 2.23. The van der Waals surface area contributed by atoms with Crippen LogP contribution in [0, 0.1) is 0 Å². The summed E-state index contributed by atoms with van der Waals surface area (Å²) in [5, 5.41) is 24.0. The van der Waals surface area contributed by atoms with E-state index in [0.717, 1.165) is 0 Å². The Kier molecular flexibility index (Phi) is 7.67. The fraction of sp³-hybridized carbons (Fsp3) is 0.158. The molecule has 0 saturated carbocycles. The van der Waals surface area contributed by atoms with E-state index in [2.05, 4.69) is 10.6 Å². The van der Waals surface area contributed by atoms with Crippen LogP contribution in [0.4, 0.5) is 5.69 Å². The van der Waals surface area contributed by atoms with E-state index >= 15 is 0 Å².